The van der Waals surface area contributed by atoms with Gasteiger partial charge in [0.25, 0.3) is 0 Å². The van der Waals surface area contributed by atoms with E-state index in [9.17, 15) is 5.11 Å². The molecule has 1 N–H and O–H groups in total. The van der Waals surface area contributed by atoms with E-state index in [1.165, 1.54) is 0 Å². The average molecular weight is 415 g/mol. The first-order valence-electron chi connectivity index (χ1n) is 9.47. The summed E-state index contributed by atoms with van der Waals surface area (Å²) in [6, 6.07) is 14.2. The van der Waals surface area contributed by atoms with Crippen LogP contribution in [0.25, 0.3) is 10.4 Å². The zero-order valence-electron chi connectivity index (χ0n) is 16.9. The van der Waals surface area contributed by atoms with E-state index in [0.29, 0.717) is 0 Å². The van der Waals surface area contributed by atoms with Crippen LogP contribution in [0, 0.1) is 0 Å². The molecule has 0 saturated carbocycles. The van der Waals surface area contributed by atoms with Crippen LogP contribution in [0.4, 0.5) is 0 Å². The van der Waals surface area contributed by atoms with Crippen LogP contribution >= 0.6 is 0 Å². The van der Waals surface area contributed by atoms with E-state index in [4.69, 9.17) is 29.2 Å². The molecule has 1 saturated heterocycles. The lowest BCUT2D eigenvalue weighted by Crippen LogP contribution is -2.54. The van der Waals surface area contributed by atoms with Crippen LogP contribution in [0.2, 0.25) is 0 Å². The zero-order valence-corrected chi connectivity index (χ0v) is 16.9. The first kappa shape index (κ1) is 21.9. The third kappa shape index (κ3) is 5.63. The summed E-state index contributed by atoms with van der Waals surface area (Å²) < 4.78 is 27.6. The van der Waals surface area contributed by atoms with Crippen LogP contribution in [0.1, 0.15) is 11.1 Å². The highest BCUT2D eigenvalue weighted by atomic mass is 16.6. The molecule has 0 aliphatic carbocycles. The second-order valence-corrected chi connectivity index (χ2v) is 6.74. The van der Waals surface area contributed by atoms with Gasteiger partial charge in [-0.1, -0.05) is 29.4 Å². The Morgan fingerprint density at radius 3 is 1.90 bits per heavy atom. The maximum Gasteiger partial charge on any atom is 0.183 e. The van der Waals surface area contributed by atoms with Crippen molar-refractivity contribution < 1.29 is 28.8 Å². The van der Waals surface area contributed by atoms with Gasteiger partial charge in [-0.05, 0) is 40.9 Å². The summed E-state index contributed by atoms with van der Waals surface area (Å²) in [7, 11) is 3.20. The quantitative estimate of drug-likeness (QED) is 0.382. The number of benzene rings is 2. The van der Waals surface area contributed by atoms with E-state index >= 15 is 0 Å². The molecule has 0 amide bonds. The summed E-state index contributed by atoms with van der Waals surface area (Å²) >= 11 is 0. The Balaban J connectivity index is 1.69. The summed E-state index contributed by atoms with van der Waals surface area (Å²) in [5.74, 6) is 1.48. The summed E-state index contributed by atoms with van der Waals surface area (Å²) in [6.07, 6.45) is -2.70. The number of aliphatic hydroxyl groups is 1. The van der Waals surface area contributed by atoms with Crippen molar-refractivity contribution in [1.82, 2.24) is 0 Å². The minimum Gasteiger partial charge on any atom is -0.497 e. The average Bonchev–Trinajstić information content (AvgIpc) is 2.79. The van der Waals surface area contributed by atoms with Crippen LogP contribution in [0.5, 0.6) is 11.5 Å². The Morgan fingerprint density at radius 1 is 0.933 bits per heavy atom. The maximum atomic E-state index is 10.4. The van der Waals surface area contributed by atoms with Crippen LogP contribution in [0.15, 0.2) is 53.6 Å². The van der Waals surface area contributed by atoms with Crippen LogP contribution in [-0.4, -0.2) is 50.5 Å². The molecule has 3 rings (SSSR count). The second-order valence-electron chi connectivity index (χ2n) is 6.74. The van der Waals surface area contributed by atoms with Crippen LogP contribution in [0.3, 0.4) is 0 Å². The van der Waals surface area contributed by atoms with Crippen molar-refractivity contribution >= 4 is 0 Å². The van der Waals surface area contributed by atoms with E-state index in [-0.39, 0.29) is 19.8 Å². The molecule has 9 nitrogen and oxygen atoms in total. The minimum absolute atomic E-state index is 0.0426. The number of azide groups is 1. The fraction of sp³-hybridized carbons (Fsp3) is 0.429. The molecule has 0 radical (unpaired) electrons. The molecule has 1 aliphatic heterocycles. The molecule has 2 aromatic carbocycles. The Morgan fingerprint density at radius 2 is 1.43 bits per heavy atom. The summed E-state index contributed by atoms with van der Waals surface area (Å²) in [4.78, 5) is 2.88. The molecule has 4 atom stereocenters. The van der Waals surface area contributed by atoms with Crippen LogP contribution in [-0.2, 0) is 27.4 Å². The number of ether oxygens (including phenoxy) is 5. The molecule has 2 aromatic rings. The molecule has 0 spiro atoms. The number of aliphatic hydroxyl groups excluding tert-OH is 1. The lowest BCUT2D eigenvalue weighted by molar-refractivity contribution is -0.254. The van der Waals surface area contributed by atoms with Crippen molar-refractivity contribution in [2.45, 2.75) is 37.8 Å². The molecule has 1 unspecified atom stereocenters. The fourth-order valence-electron chi connectivity index (χ4n) is 3.14. The monoisotopic (exact) mass is 415 g/mol. The van der Waals surface area contributed by atoms with E-state index in [1.807, 2.05) is 48.5 Å². The fourth-order valence-corrected chi connectivity index (χ4v) is 3.14. The minimum atomic E-state index is -1.20. The number of rotatable bonds is 9. The van der Waals surface area contributed by atoms with Gasteiger partial charge < -0.3 is 28.8 Å². The lowest BCUT2D eigenvalue weighted by atomic mass is 10.0. The van der Waals surface area contributed by atoms with Crippen molar-refractivity contribution in [2.24, 2.45) is 5.11 Å². The standard InChI is InChI=1S/C21H25N3O6/c1-26-16-7-3-14(4-8-16)11-28-19-18(23-24-22)13-30-21(25)20(19)29-12-15-5-9-17(27-2)10-6-15/h3-10,18-21,25H,11-13H2,1-2H3/t18-,19-,20+,21?/m0/s1. The van der Waals surface area contributed by atoms with Gasteiger partial charge in [0.1, 0.15) is 17.6 Å². The Bertz CT molecular complexity index is 839. The molecule has 0 aromatic heterocycles. The third-order valence-electron chi connectivity index (χ3n) is 4.82. The molecule has 9 heteroatoms. The first-order chi connectivity index (χ1) is 14.6. The Hall–Kier alpha value is -2.81. The smallest absolute Gasteiger partial charge is 0.183 e. The van der Waals surface area contributed by atoms with E-state index in [2.05, 4.69) is 10.0 Å². The van der Waals surface area contributed by atoms with Crippen molar-refractivity contribution in [3.05, 3.63) is 70.1 Å². The van der Waals surface area contributed by atoms with Gasteiger partial charge >= 0.3 is 0 Å². The van der Waals surface area contributed by atoms with Gasteiger partial charge in [-0.25, -0.2) is 0 Å². The van der Waals surface area contributed by atoms with E-state index < -0.39 is 24.5 Å². The molecular formula is C21H25N3O6. The van der Waals surface area contributed by atoms with Gasteiger partial charge in [0.05, 0.1) is 46.2 Å². The number of hydrogen-bond acceptors (Lipinski definition) is 7. The third-order valence-corrected chi connectivity index (χ3v) is 4.82. The Labute approximate surface area is 174 Å². The Kier molecular flexibility index (Phi) is 7.89. The van der Waals surface area contributed by atoms with Gasteiger partial charge in [-0.2, -0.15) is 0 Å². The predicted octanol–water partition coefficient (Wildman–Crippen LogP) is 3.20. The largest absolute Gasteiger partial charge is 0.497 e. The van der Waals surface area contributed by atoms with E-state index in [0.717, 1.165) is 22.6 Å². The number of nitrogens with zero attached hydrogens (tertiary/aromatic N) is 3. The van der Waals surface area contributed by atoms with Crippen molar-refractivity contribution in [2.75, 3.05) is 20.8 Å². The molecule has 1 aliphatic rings. The van der Waals surface area contributed by atoms with Gasteiger partial charge in [-0.15, -0.1) is 0 Å². The van der Waals surface area contributed by atoms with Crippen molar-refractivity contribution in [3.63, 3.8) is 0 Å². The summed E-state index contributed by atoms with van der Waals surface area (Å²) in [5, 5.41) is 14.1. The molecule has 160 valence electrons. The molecule has 0 bridgehead atoms. The van der Waals surface area contributed by atoms with Gasteiger partial charge in [0.2, 0.25) is 0 Å². The topological polar surface area (TPSA) is 115 Å². The highest BCUT2D eigenvalue weighted by Gasteiger charge is 2.41. The zero-order chi connectivity index (χ0) is 21.3. The van der Waals surface area contributed by atoms with Gasteiger partial charge in [0, 0.05) is 4.91 Å². The van der Waals surface area contributed by atoms with Crippen LogP contribution < -0.4 is 9.47 Å². The highest BCUT2D eigenvalue weighted by Crippen LogP contribution is 2.25. The number of hydrogen-bond donors (Lipinski definition) is 1. The summed E-state index contributed by atoms with van der Waals surface area (Å²) in [5.41, 5.74) is 10.7. The molecular weight excluding hydrogens is 390 g/mol. The van der Waals surface area contributed by atoms with Gasteiger partial charge in [-0.3, -0.25) is 0 Å². The van der Waals surface area contributed by atoms with E-state index in [1.54, 1.807) is 14.2 Å². The maximum absolute atomic E-state index is 10.4. The normalized spacial score (nSPS) is 23.4. The van der Waals surface area contributed by atoms with Gasteiger partial charge in [0.15, 0.2) is 6.29 Å². The molecule has 30 heavy (non-hydrogen) atoms. The predicted molar refractivity (Wildman–Crippen MR) is 108 cm³/mol. The van der Waals surface area contributed by atoms with Crippen molar-refractivity contribution in [3.8, 4) is 11.5 Å². The lowest BCUT2D eigenvalue weighted by Gasteiger charge is -2.38. The van der Waals surface area contributed by atoms with Crippen molar-refractivity contribution in [1.29, 1.82) is 0 Å². The second kappa shape index (κ2) is 10.8. The number of methoxy groups -OCH3 is 2. The molecule has 1 fully saturated rings. The SMILES string of the molecule is COc1ccc(CO[C@H]2[C@@H](N=[N+]=[N-])COC(O)[C@@H]2OCc2ccc(OC)cc2)cc1. The highest BCUT2D eigenvalue weighted by molar-refractivity contribution is 5.27. The summed E-state index contributed by atoms with van der Waals surface area (Å²) in [6.45, 7) is 0.516. The molecule has 1 heterocycles. The first-order valence-corrected chi connectivity index (χ1v) is 9.47.